The molecule has 27 heteroatoms. The number of amides is 6. The number of nitrogens with one attached hydrogen (secondary N) is 4. The predicted molar refractivity (Wildman–Crippen MR) is 274 cm³/mol. The zero-order chi connectivity index (χ0) is 47.3. The molecule has 6 amide bonds. The zero-order valence-corrected chi connectivity index (χ0v) is 46.5. The Hall–Kier alpha value is 0.840. The molecule has 0 aromatic heterocycles. The van der Waals surface area contributed by atoms with Crippen LogP contribution in [0.4, 0.5) is 0 Å². The van der Waals surface area contributed by atoms with Gasteiger partial charge in [0.1, 0.15) is 0 Å². The van der Waals surface area contributed by atoms with E-state index in [1.165, 1.54) is 23.6 Å². The smallest absolute Gasteiger partial charge is 0.225 e. The summed E-state index contributed by atoms with van der Waals surface area (Å²) in [6.07, 6.45) is -6.56. The molecule has 0 spiro atoms. The number of nitrogens with zero attached hydrogens (tertiary/aromatic N) is 2. The summed E-state index contributed by atoms with van der Waals surface area (Å²) in [5.74, 6) is -7.31. The number of alkyl halides is 6. The highest BCUT2D eigenvalue weighted by molar-refractivity contribution is 14.1. The maximum Gasteiger partial charge on any atom is 0.225 e. The van der Waals surface area contributed by atoms with Crippen molar-refractivity contribution in [1.29, 1.82) is 0 Å². The van der Waals surface area contributed by atoms with Gasteiger partial charge in [0.2, 0.25) is 35.4 Å². The van der Waals surface area contributed by atoms with Gasteiger partial charge in [-0.25, -0.2) is 0 Å². The van der Waals surface area contributed by atoms with Crippen LogP contribution in [0.2, 0.25) is 0 Å². The zero-order valence-electron chi connectivity index (χ0n) is 33.5. The molecule has 13 N–H and O–H groups in total. The van der Waals surface area contributed by atoms with Crippen LogP contribution < -0.4 is 21.3 Å². The van der Waals surface area contributed by atoms with E-state index in [-0.39, 0.29) is 26.2 Å². The third-order valence-corrected chi connectivity index (χ3v) is 19.6. The van der Waals surface area contributed by atoms with Crippen LogP contribution in [0.15, 0.2) is 0 Å². The number of hydrogen-bond donors (Lipinski definition) is 13. The average Bonchev–Trinajstić information content (AvgIpc) is 3.21. The molecule has 12 unspecified atom stereocenters. The summed E-state index contributed by atoms with van der Waals surface area (Å²) in [4.78, 5) is 85.0. The van der Waals surface area contributed by atoms with E-state index >= 15 is 0 Å². The van der Waals surface area contributed by atoms with Crippen LogP contribution >= 0.6 is 136 Å². The van der Waals surface area contributed by atoms with Gasteiger partial charge in [0.25, 0.3) is 0 Å². The molecule has 0 saturated heterocycles. The summed E-state index contributed by atoms with van der Waals surface area (Å²) in [5, 5.41) is 99.4. The van der Waals surface area contributed by atoms with Crippen LogP contribution in [0, 0.1) is 23.7 Å². The Balaban J connectivity index is 2.59. The van der Waals surface area contributed by atoms with Gasteiger partial charge >= 0.3 is 0 Å². The molecule has 0 aromatic rings. The van der Waals surface area contributed by atoms with E-state index in [0.29, 0.717) is 0 Å². The number of halogens is 6. The fourth-order valence-electron chi connectivity index (χ4n) is 7.23. The number of carbonyl (C=O) groups excluding carboxylic acids is 6. The molecule has 62 heavy (non-hydrogen) atoms. The lowest BCUT2D eigenvalue weighted by Gasteiger charge is -2.50. The fourth-order valence-corrected chi connectivity index (χ4v) is 21.5. The second-order valence-electron chi connectivity index (χ2n) is 15.1. The Bertz CT molecular complexity index is 1330. The summed E-state index contributed by atoms with van der Waals surface area (Å²) in [7, 11) is 0. The van der Waals surface area contributed by atoms with E-state index < -0.39 is 165 Å². The van der Waals surface area contributed by atoms with E-state index in [1.807, 2.05) is 136 Å². The minimum atomic E-state index is -1.48. The lowest BCUT2D eigenvalue weighted by atomic mass is 9.76. The Kier molecular flexibility index (Phi) is 27.0. The van der Waals surface area contributed by atoms with Gasteiger partial charge < -0.3 is 77.0 Å². The number of rotatable bonds is 22. The molecule has 12 atom stereocenters. The van der Waals surface area contributed by atoms with Crippen molar-refractivity contribution in [2.45, 2.75) is 80.0 Å². The molecule has 2 rings (SSSR count). The highest BCUT2D eigenvalue weighted by Gasteiger charge is 2.57. The number of aliphatic hydroxyl groups is 9. The van der Waals surface area contributed by atoms with Gasteiger partial charge in [0.15, 0.2) is 0 Å². The van der Waals surface area contributed by atoms with Crippen molar-refractivity contribution in [3.63, 3.8) is 0 Å². The predicted octanol–water partition coefficient (Wildman–Crippen LogP) is -4.03. The number of hydrogen-bond acceptors (Lipinski definition) is 15. The van der Waals surface area contributed by atoms with Gasteiger partial charge in [0.05, 0.1) is 92.7 Å². The SMILES string of the molecule is CC(=O)N(CC(O)CN(C(C)=O)C1C(I)C(C(=O)NCC(O)CO)C(I)C(C(=O)NCC(O)CO)C1I)C1C(I)C(C(=O)NCC(O)CO)C(I)C(C(=O)NCC(O)CO)C1I. The van der Waals surface area contributed by atoms with E-state index in [1.54, 1.807) is 0 Å². The van der Waals surface area contributed by atoms with Crippen LogP contribution in [-0.2, 0) is 28.8 Å². The first-order valence-electron chi connectivity index (χ1n) is 19.3. The Labute approximate surface area is 441 Å². The fraction of sp³-hybridized carbons (Fsp3) is 0.829. The van der Waals surface area contributed by atoms with Crippen LogP contribution in [-0.4, -0.2) is 223 Å². The van der Waals surface area contributed by atoms with Gasteiger partial charge in [-0.15, -0.1) is 0 Å². The maximum absolute atomic E-state index is 13.8. The van der Waals surface area contributed by atoms with E-state index in [4.69, 9.17) is 0 Å². The second kappa shape index (κ2) is 28.4. The topological polar surface area (TPSA) is 339 Å². The summed E-state index contributed by atoms with van der Waals surface area (Å²) in [6.45, 7) is -2.05. The highest BCUT2D eigenvalue weighted by Crippen LogP contribution is 2.47. The molecule has 0 bridgehead atoms. The second-order valence-corrected chi connectivity index (χ2v) is 23.7. The number of aliphatic hydroxyl groups excluding tert-OH is 9. The third kappa shape index (κ3) is 16.0. The molecule has 0 heterocycles. The van der Waals surface area contributed by atoms with Gasteiger partial charge in [-0.2, -0.15) is 0 Å². The van der Waals surface area contributed by atoms with Crippen molar-refractivity contribution >= 4 is 171 Å². The average molecular weight is 1560 g/mol. The lowest BCUT2D eigenvalue weighted by Crippen LogP contribution is -2.67. The molecule has 358 valence electrons. The quantitative estimate of drug-likeness (QED) is 0.0363. The van der Waals surface area contributed by atoms with Gasteiger partial charge in [0, 0.05) is 76.7 Å². The molecule has 0 radical (unpaired) electrons. The van der Waals surface area contributed by atoms with Crippen LogP contribution in [0.5, 0.6) is 0 Å². The van der Waals surface area contributed by atoms with E-state index in [2.05, 4.69) is 21.3 Å². The molecule has 2 aliphatic carbocycles. The first-order chi connectivity index (χ1) is 29.0. The summed E-state index contributed by atoms with van der Waals surface area (Å²) >= 11 is 12.0. The van der Waals surface area contributed by atoms with Crippen molar-refractivity contribution in [1.82, 2.24) is 31.1 Å². The van der Waals surface area contributed by atoms with Crippen molar-refractivity contribution in [2.24, 2.45) is 23.7 Å². The molecule has 0 aromatic carbocycles. The highest BCUT2D eigenvalue weighted by atomic mass is 127. The Morgan fingerprint density at radius 1 is 0.419 bits per heavy atom. The Morgan fingerprint density at radius 2 is 0.629 bits per heavy atom. The normalized spacial score (nSPS) is 31.0. The van der Waals surface area contributed by atoms with Crippen LogP contribution in [0.3, 0.4) is 0 Å². The minimum Gasteiger partial charge on any atom is -0.394 e. The van der Waals surface area contributed by atoms with Crippen molar-refractivity contribution in [2.75, 3.05) is 65.7 Å². The monoisotopic (exact) mass is 1560 g/mol. The van der Waals surface area contributed by atoms with Crippen molar-refractivity contribution in [3.05, 3.63) is 0 Å². The lowest BCUT2D eigenvalue weighted by molar-refractivity contribution is -0.141. The number of carbonyl (C=O) groups is 6. The van der Waals surface area contributed by atoms with Crippen molar-refractivity contribution in [3.8, 4) is 0 Å². The molecule has 2 fully saturated rings. The summed E-state index contributed by atoms with van der Waals surface area (Å²) < 4.78 is -4.26. The summed E-state index contributed by atoms with van der Waals surface area (Å²) in [6, 6.07) is -1.82. The molecular weight excluding hydrogens is 1510 g/mol. The van der Waals surface area contributed by atoms with Gasteiger partial charge in [-0.1, -0.05) is 136 Å². The maximum atomic E-state index is 13.8. The van der Waals surface area contributed by atoms with Crippen LogP contribution in [0.1, 0.15) is 13.8 Å². The summed E-state index contributed by atoms with van der Waals surface area (Å²) in [5.41, 5.74) is 0. The largest absolute Gasteiger partial charge is 0.394 e. The molecule has 2 aliphatic rings. The third-order valence-electron chi connectivity index (χ3n) is 10.5. The molecular formula is C35H56I6N6O15. The Morgan fingerprint density at radius 3 is 0.806 bits per heavy atom. The van der Waals surface area contributed by atoms with E-state index in [9.17, 15) is 74.7 Å². The van der Waals surface area contributed by atoms with Crippen LogP contribution in [0.25, 0.3) is 0 Å². The van der Waals surface area contributed by atoms with E-state index in [0.717, 1.165) is 0 Å². The van der Waals surface area contributed by atoms with Gasteiger partial charge in [-0.3, -0.25) is 28.8 Å². The van der Waals surface area contributed by atoms with Gasteiger partial charge in [-0.05, 0) is 0 Å². The standard InChI is InChI=1S/C35H56I6N6O15/c1-13(52)46(30-26(38)20(32(59)42-3-15(54)9-48)24(36)21(27(30)39)33(60)43-4-16(55)10-49)7-19(58)8-47(14(2)53)31-28(40)22(34(61)44-5-17(56)11-50)25(37)23(29(31)41)35(62)45-6-18(57)12-51/h15-31,48-51,54-58H,3-12H2,1-2H3,(H,42,59)(H,43,60)(H,44,61)(H,45,62). The minimum absolute atomic E-state index is 0.304. The molecule has 2 saturated carbocycles. The first kappa shape index (κ1) is 59.0. The molecule has 0 aliphatic heterocycles. The first-order valence-corrected chi connectivity index (χ1v) is 26.8. The molecule has 21 nitrogen and oxygen atoms in total. The van der Waals surface area contributed by atoms with Crippen molar-refractivity contribution < 1.29 is 74.7 Å².